The molecule has 0 saturated heterocycles. The highest BCUT2D eigenvalue weighted by atomic mass is 16.7. The van der Waals surface area contributed by atoms with E-state index in [1.165, 1.54) is 0 Å². The average molecular weight is 334 g/mol. The van der Waals surface area contributed by atoms with Crippen molar-refractivity contribution in [2.45, 2.75) is 57.8 Å². The Balaban J connectivity index is 2.08. The van der Waals surface area contributed by atoms with Crippen LogP contribution in [0.1, 0.15) is 57.8 Å². The Morgan fingerprint density at radius 3 is 2.21 bits per heavy atom. The number of unbranched alkanes of at least 4 members (excludes halogenated alkanes) is 6. The number of aliphatic imine (C=N–C) groups is 2. The van der Waals surface area contributed by atoms with E-state index in [0.29, 0.717) is 13.1 Å². The van der Waals surface area contributed by atoms with Gasteiger partial charge >= 0.3 is 0 Å². The lowest BCUT2D eigenvalue weighted by Crippen LogP contribution is -2.22. The highest BCUT2D eigenvalue weighted by Crippen LogP contribution is 2.11. The zero-order valence-corrected chi connectivity index (χ0v) is 14.2. The van der Waals surface area contributed by atoms with Crippen LogP contribution in [0, 0.1) is 0 Å². The van der Waals surface area contributed by atoms with E-state index in [2.05, 4.69) is 15.1 Å². The van der Waals surface area contributed by atoms with Gasteiger partial charge in [-0.2, -0.15) is 0 Å². The molecule has 1 aliphatic rings. The first-order valence-corrected chi connectivity index (χ1v) is 8.62. The molecule has 0 aliphatic carbocycles. The van der Waals surface area contributed by atoms with Gasteiger partial charge in [0, 0.05) is 0 Å². The van der Waals surface area contributed by atoms with Gasteiger partial charge in [-0.25, -0.2) is 19.6 Å². The van der Waals surface area contributed by atoms with Crippen molar-refractivity contribution in [3.8, 4) is 0 Å². The number of rotatable bonds is 14. The van der Waals surface area contributed by atoms with Crippen LogP contribution in [0.15, 0.2) is 27.4 Å². The van der Waals surface area contributed by atoms with Gasteiger partial charge in [0.1, 0.15) is 6.26 Å². The topological polar surface area (TPSA) is 83.7 Å². The second-order valence-electron chi connectivity index (χ2n) is 5.60. The van der Waals surface area contributed by atoms with E-state index in [1.807, 2.05) is 6.08 Å². The Labute approximate surface area is 143 Å². The average Bonchev–Trinajstić information content (AvgIpc) is 2.60. The Hall–Kier alpha value is -2.23. The predicted octanol–water partition coefficient (Wildman–Crippen LogP) is 3.29. The van der Waals surface area contributed by atoms with Crippen LogP contribution in [0.5, 0.6) is 0 Å². The molecule has 132 valence electrons. The summed E-state index contributed by atoms with van der Waals surface area (Å²) in [5, 5.41) is 6.11. The third-order valence-corrected chi connectivity index (χ3v) is 3.63. The molecule has 0 aromatic carbocycles. The monoisotopic (exact) mass is 334 g/mol. The number of carbonyl (C=O) groups excluding carboxylic acids is 2. The van der Waals surface area contributed by atoms with Crippen molar-refractivity contribution in [1.82, 2.24) is 5.17 Å². The predicted molar refractivity (Wildman–Crippen MR) is 91.9 cm³/mol. The SMILES string of the molecule is O=C=NCCCCCCC1=NN(CCCCCCN=C=O)OC=C1. The van der Waals surface area contributed by atoms with Crippen molar-refractivity contribution >= 4 is 17.9 Å². The van der Waals surface area contributed by atoms with Crippen molar-refractivity contribution in [1.29, 1.82) is 0 Å². The first kappa shape index (κ1) is 19.8. The zero-order valence-electron chi connectivity index (χ0n) is 14.2. The van der Waals surface area contributed by atoms with Crippen molar-refractivity contribution < 1.29 is 14.4 Å². The lowest BCUT2D eigenvalue weighted by molar-refractivity contribution is -0.106. The molecular weight excluding hydrogens is 308 g/mol. The number of hydrazone groups is 1. The Kier molecular flexibility index (Phi) is 11.9. The van der Waals surface area contributed by atoms with Crippen LogP contribution in [0.25, 0.3) is 0 Å². The summed E-state index contributed by atoms with van der Waals surface area (Å²) in [4.78, 5) is 32.3. The van der Waals surface area contributed by atoms with Crippen molar-refractivity contribution in [3.63, 3.8) is 0 Å². The van der Waals surface area contributed by atoms with Gasteiger partial charge < -0.3 is 4.84 Å². The molecule has 0 aromatic rings. The summed E-state index contributed by atoms with van der Waals surface area (Å²) in [5.74, 6) is 0. The smallest absolute Gasteiger partial charge is 0.234 e. The lowest BCUT2D eigenvalue weighted by atomic mass is 10.1. The fourth-order valence-electron chi connectivity index (χ4n) is 2.35. The molecule has 0 bridgehead atoms. The summed E-state index contributed by atoms with van der Waals surface area (Å²) >= 11 is 0. The van der Waals surface area contributed by atoms with Gasteiger partial charge in [-0.05, 0) is 38.2 Å². The van der Waals surface area contributed by atoms with Crippen LogP contribution in [0.2, 0.25) is 0 Å². The minimum Gasteiger partial charge on any atom is -0.370 e. The van der Waals surface area contributed by atoms with Crippen molar-refractivity contribution in [2.24, 2.45) is 15.1 Å². The largest absolute Gasteiger partial charge is 0.370 e. The van der Waals surface area contributed by atoms with E-state index in [9.17, 15) is 9.59 Å². The molecule has 7 heteroatoms. The Morgan fingerprint density at radius 2 is 1.54 bits per heavy atom. The minimum absolute atomic E-state index is 0.566. The molecule has 0 unspecified atom stereocenters. The fraction of sp³-hybridized carbons (Fsp3) is 0.706. The van der Waals surface area contributed by atoms with Gasteiger partial charge in [0.05, 0.1) is 25.3 Å². The molecule has 1 rings (SSSR count). The van der Waals surface area contributed by atoms with Crippen LogP contribution in [-0.2, 0) is 14.4 Å². The summed E-state index contributed by atoms with van der Waals surface area (Å²) in [6.45, 7) is 1.90. The molecule has 24 heavy (non-hydrogen) atoms. The van der Waals surface area contributed by atoms with Crippen molar-refractivity contribution in [2.75, 3.05) is 19.6 Å². The standard InChI is InChI=1S/C17H26N4O3/c22-15-18-11-6-2-1-5-9-17-10-14-24-21(20-17)13-8-4-3-7-12-19-16-23/h10,14H,1-9,11-13H2. The number of nitrogens with zero attached hydrogens (tertiary/aromatic N) is 4. The summed E-state index contributed by atoms with van der Waals surface area (Å²) < 4.78 is 0. The van der Waals surface area contributed by atoms with Gasteiger partial charge in [-0.3, -0.25) is 0 Å². The first-order valence-electron chi connectivity index (χ1n) is 8.62. The normalized spacial score (nSPS) is 12.8. The van der Waals surface area contributed by atoms with Gasteiger partial charge in [-0.15, -0.1) is 10.3 Å². The molecule has 0 radical (unpaired) electrons. The van der Waals surface area contributed by atoms with Crippen LogP contribution in [0.4, 0.5) is 0 Å². The highest BCUT2D eigenvalue weighted by molar-refractivity contribution is 5.94. The van der Waals surface area contributed by atoms with E-state index in [-0.39, 0.29) is 0 Å². The van der Waals surface area contributed by atoms with E-state index < -0.39 is 0 Å². The zero-order chi connectivity index (χ0) is 17.3. The molecule has 1 aliphatic heterocycles. The molecule has 0 amide bonds. The number of allylic oxidation sites excluding steroid dienone is 1. The summed E-state index contributed by atoms with van der Waals surface area (Å²) in [6, 6.07) is 0. The molecular formula is C17H26N4O3. The van der Waals surface area contributed by atoms with Gasteiger partial charge in [0.25, 0.3) is 0 Å². The van der Waals surface area contributed by atoms with Crippen LogP contribution < -0.4 is 0 Å². The second-order valence-corrected chi connectivity index (χ2v) is 5.60. The second kappa shape index (κ2) is 14.4. The number of hydrogen-bond donors (Lipinski definition) is 0. The Bertz CT molecular complexity index is 492. The summed E-state index contributed by atoms with van der Waals surface area (Å²) in [7, 11) is 0. The molecule has 0 atom stereocenters. The first-order chi connectivity index (χ1) is 11.9. The fourth-order valence-corrected chi connectivity index (χ4v) is 2.35. The van der Waals surface area contributed by atoms with E-state index in [4.69, 9.17) is 4.84 Å². The number of isocyanates is 2. The van der Waals surface area contributed by atoms with E-state index in [1.54, 1.807) is 23.6 Å². The van der Waals surface area contributed by atoms with Gasteiger partial charge in [0.2, 0.25) is 12.2 Å². The van der Waals surface area contributed by atoms with Crippen LogP contribution >= 0.6 is 0 Å². The molecule has 1 heterocycles. The third-order valence-electron chi connectivity index (χ3n) is 3.63. The third kappa shape index (κ3) is 10.5. The number of hydroxylamine groups is 1. The molecule has 0 aromatic heterocycles. The van der Waals surface area contributed by atoms with E-state index >= 15 is 0 Å². The van der Waals surface area contributed by atoms with Crippen LogP contribution in [-0.4, -0.2) is 42.7 Å². The maximum absolute atomic E-state index is 9.93. The molecule has 0 N–H and O–H groups in total. The minimum atomic E-state index is 0.566. The van der Waals surface area contributed by atoms with Crippen LogP contribution in [0.3, 0.4) is 0 Å². The Morgan fingerprint density at radius 1 is 0.917 bits per heavy atom. The molecule has 0 fully saturated rings. The molecule has 7 nitrogen and oxygen atoms in total. The highest BCUT2D eigenvalue weighted by Gasteiger charge is 2.07. The summed E-state index contributed by atoms with van der Waals surface area (Å²) in [6.07, 6.45) is 15.8. The lowest BCUT2D eigenvalue weighted by Gasteiger charge is -2.21. The van der Waals surface area contributed by atoms with Crippen molar-refractivity contribution in [3.05, 3.63) is 12.3 Å². The molecule has 0 spiro atoms. The van der Waals surface area contributed by atoms with Gasteiger partial charge in [0.15, 0.2) is 0 Å². The van der Waals surface area contributed by atoms with Gasteiger partial charge in [-0.1, -0.05) is 25.7 Å². The summed E-state index contributed by atoms with van der Waals surface area (Å²) in [5.41, 5.74) is 1.03. The quantitative estimate of drug-likeness (QED) is 0.277. The maximum Gasteiger partial charge on any atom is 0.234 e. The van der Waals surface area contributed by atoms with E-state index in [0.717, 1.165) is 70.0 Å². The maximum atomic E-state index is 9.93. The molecule has 0 saturated carbocycles. The number of hydrogen-bond acceptors (Lipinski definition) is 7.